The average molecular weight is 450 g/mol. The number of hydrogen-bond donors (Lipinski definition) is 1. The standard InChI is InChI=1S/C19H16ClN3O4S2/c1-29(26,27)12-6-7-14-16(9-12)28-19(21-14)22-18(25)11-8-17(24)23(10-11)15-5-3-2-4-13(15)20/h2-7,9,11H,8,10H2,1H3,(H,21,22,25). The third-order valence-corrected chi connectivity index (χ3v) is 7.02. The number of anilines is 2. The van der Waals surface area contributed by atoms with E-state index in [1.54, 1.807) is 30.3 Å². The number of carbonyl (C=O) groups is 2. The Morgan fingerprint density at radius 2 is 2.03 bits per heavy atom. The number of rotatable bonds is 4. The van der Waals surface area contributed by atoms with Crippen molar-refractivity contribution in [1.82, 2.24) is 4.98 Å². The summed E-state index contributed by atoms with van der Waals surface area (Å²) in [5.41, 5.74) is 1.18. The monoisotopic (exact) mass is 449 g/mol. The van der Waals surface area contributed by atoms with Crippen molar-refractivity contribution in [3.05, 3.63) is 47.5 Å². The molecule has 10 heteroatoms. The van der Waals surface area contributed by atoms with E-state index in [1.165, 1.54) is 28.4 Å². The van der Waals surface area contributed by atoms with Gasteiger partial charge in [-0.15, -0.1) is 0 Å². The number of hydrogen-bond acceptors (Lipinski definition) is 6. The number of para-hydroxylation sites is 1. The topological polar surface area (TPSA) is 96.4 Å². The fraction of sp³-hybridized carbons (Fsp3) is 0.211. The van der Waals surface area contributed by atoms with Gasteiger partial charge in [0.05, 0.1) is 31.7 Å². The lowest BCUT2D eigenvalue weighted by Gasteiger charge is -2.17. The van der Waals surface area contributed by atoms with Crippen LogP contribution in [0.4, 0.5) is 10.8 Å². The molecule has 0 saturated carbocycles. The van der Waals surface area contributed by atoms with Gasteiger partial charge in [-0.05, 0) is 30.3 Å². The van der Waals surface area contributed by atoms with E-state index in [2.05, 4.69) is 10.3 Å². The molecule has 1 aliphatic heterocycles. The number of nitrogens with zero attached hydrogens (tertiary/aromatic N) is 2. The minimum Gasteiger partial charge on any atom is -0.310 e. The van der Waals surface area contributed by atoms with Crippen molar-refractivity contribution in [3.63, 3.8) is 0 Å². The fourth-order valence-corrected chi connectivity index (χ4v) is 5.05. The number of aromatic nitrogens is 1. The summed E-state index contributed by atoms with van der Waals surface area (Å²) in [6.07, 6.45) is 1.22. The molecule has 0 radical (unpaired) electrons. The highest BCUT2D eigenvalue weighted by Gasteiger charge is 2.36. The van der Waals surface area contributed by atoms with Crippen LogP contribution in [0.25, 0.3) is 10.2 Å². The predicted octanol–water partition coefficient (Wildman–Crippen LogP) is 3.34. The maximum Gasteiger partial charge on any atom is 0.231 e. The van der Waals surface area contributed by atoms with E-state index in [4.69, 9.17) is 11.6 Å². The maximum absolute atomic E-state index is 12.7. The molecule has 1 unspecified atom stereocenters. The lowest BCUT2D eigenvalue weighted by molar-refractivity contribution is -0.122. The molecule has 1 saturated heterocycles. The smallest absolute Gasteiger partial charge is 0.231 e. The minimum absolute atomic E-state index is 0.0835. The molecule has 0 bridgehead atoms. The van der Waals surface area contributed by atoms with Crippen molar-refractivity contribution < 1.29 is 18.0 Å². The van der Waals surface area contributed by atoms with Crippen LogP contribution < -0.4 is 10.2 Å². The summed E-state index contributed by atoms with van der Waals surface area (Å²) in [6.45, 7) is 0.234. The first kappa shape index (κ1) is 19.8. The molecular formula is C19H16ClN3O4S2. The van der Waals surface area contributed by atoms with Crippen molar-refractivity contribution in [2.45, 2.75) is 11.3 Å². The molecular weight excluding hydrogens is 434 g/mol. The number of nitrogens with one attached hydrogen (secondary N) is 1. The first-order valence-electron chi connectivity index (χ1n) is 8.69. The molecule has 1 atom stereocenters. The van der Waals surface area contributed by atoms with Crippen LogP contribution in [0.1, 0.15) is 6.42 Å². The summed E-state index contributed by atoms with van der Waals surface area (Å²) in [4.78, 5) is 31.1. The van der Waals surface area contributed by atoms with Gasteiger partial charge in [-0.25, -0.2) is 13.4 Å². The van der Waals surface area contributed by atoms with Gasteiger partial charge in [-0.3, -0.25) is 9.59 Å². The zero-order valence-corrected chi connectivity index (χ0v) is 17.6. The molecule has 0 spiro atoms. The van der Waals surface area contributed by atoms with Crippen molar-refractivity contribution >= 4 is 65.6 Å². The maximum atomic E-state index is 12.7. The second-order valence-electron chi connectivity index (χ2n) is 6.77. The molecule has 2 amide bonds. The first-order chi connectivity index (χ1) is 13.7. The Morgan fingerprint density at radius 3 is 2.76 bits per heavy atom. The molecule has 0 aliphatic carbocycles. The molecule has 3 aromatic rings. The molecule has 150 valence electrons. The van der Waals surface area contributed by atoms with E-state index in [0.717, 1.165) is 6.26 Å². The van der Waals surface area contributed by atoms with E-state index >= 15 is 0 Å². The number of thiazole rings is 1. The Hall–Kier alpha value is -2.49. The van der Waals surface area contributed by atoms with Crippen molar-refractivity contribution in [1.29, 1.82) is 0 Å². The van der Waals surface area contributed by atoms with Gasteiger partial charge in [0.25, 0.3) is 0 Å². The molecule has 1 fully saturated rings. The summed E-state index contributed by atoms with van der Waals surface area (Å²) in [6, 6.07) is 11.6. The number of carbonyl (C=O) groups excluding carboxylic acids is 2. The number of sulfone groups is 1. The van der Waals surface area contributed by atoms with Crippen molar-refractivity contribution in [2.75, 3.05) is 23.0 Å². The molecule has 29 heavy (non-hydrogen) atoms. The lowest BCUT2D eigenvalue weighted by Crippen LogP contribution is -2.28. The predicted molar refractivity (Wildman–Crippen MR) is 113 cm³/mol. The average Bonchev–Trinajstić information content (AvgIpc) is 3.23. The zero-order chi connectivity index (χ0) is 20.8. The molecule has 1 N–H and O–H groups in total. The molecule has 1 aliphatic rings. The van der Waals surface area contributed by atoms with Crippen LogP contribution in [-0.4, -0.2) is 38.0 Å². The van der Waals surface area contributed by atoms with Gasteiger partial charge in [-0.1, -0.05) is 35.1 Å². The van der Waals surface area contributed by atoms with Gasteiger partial charge >= 0.3 is 0 Å². The van der Waals surface area contributed by atoms with Gasteiger partial charge in [0.15, 0.2) is 15.0 Å². The first-order valence-corrected chi connectivity index (χ1v) is 11.8. The zero-order valence-electron chi connectivity index (χ0n) is 15.3. The highest BCUT2D eigenvalue weighted by molar-refractivity contribution is 7.90. The third kappa shape index (κ3) is 3.98. The van der Waals surface area contributed by atoms with Crippen LogP contribution in [0.5, 0.6) is 0 Å². The molecule has 4 rings (SSSR count). The van der Waals surface area contributed by atoms with E-state index < -0.39 is 15.8 Å². The third-order valence-electron chi connectivity index (χ3n) is 4.66. The van der Waals surface area contributed by atoms with Crippen LogP contribution in [-0.2, 0) is 19.4 Å². The Balaban J connectivity index is 1.51. The van der Waals surface area contributed by atoms with Crippen molar-refractivity contribution in [2.24, 2.45) is 5.92 Å². The van der Waals surface area contributed by atoms with E-state index in [-0.39, 0.29) is 29.7 Å². The summed E-state index contributed by atoms with van der Waals surface area (Å²) in [7, 11) is -3.33. The van der Waals surface area contributed by atoms with Crippen molar-refractivity contribution in [3.8, 4) is 0 Å². The molecule has 1 aromatic heterocycles. The van der Waals surface area contributed by atoms with E-state index in [1.807, 2.05) is 0 Å². The SMILES string of the molecule is CS(=O)(=O)c1ccc2nc(NC(=O)C3CC(=O)N(c4ccccc4Cl)C3)sc2c1. The second kappa shape index (κ2) is 7.40. The molecule has 2 heterocycles. The van der Waals surface area contributed by atoms with Gasteiger partial charge in [0.2, 0.25) is 11.8 Å². The van der Waals surface area contributed by atoms with Gasteiger partial charge in [-0.2, -0.15) is 0 Å². The summed E-state index contributed by atoms with van der Waals surface area (Å²) in [5.74, 6) is -1.01. The molecule has 2 aromatic carbocycles. The van der Waals surface area contributed by atoms with Gasteiger partial charge in [0, 0.05) is 19.2 Å². The Kier molecular flexibility index (Phi) is 5.05. The largest absolute Gasteiger partial charge is 0.310 e. The Labute approximate surface area is 176 Å². The Morgan fingerprint density at radius 1 is 1.28 bits per heavy atom. The summed E-state index contributed by atoms with van der Waals surface area (Å²) < 4.78 is 24.1. The molecule has 7 nitrogen and oxygen atoms in total. The number of benzene rings is 2. The van der Waals surface area contributed by atoms with Gasteiger partial charge < -0.3 is 10.2 Å². The van der Waals surface area contributed by atoms with Crippen LogP contribution >= 0.6 is 22.9 Å². The number of fused-ring (bicyclic) bond motifs is 1. The van der Waals surface area contributed by atoms with Crippen LogP contribution in [0, 0.1) is 5.92 Å². The van der Waals surface area contributed by atoms with Crippen LogP contribution in [0.15, 0.2) is 47.4 Å². The quantitative estimate of drug-likeness (QED) is 0.658. The van der Waals surface area contributed by atoms with Gasteiger partial charge in [0.1, 0.15) is 0 Å². The number of amides is 2. The summed E-state index contributed by atoms with van der Waals surface area (Å²) in [5, 5.41) is 3.56. The van der Waals surface area contributed by atoms with E-state index in [0.29, 0.717) is 26.1 Å². The highest BCUT2D eigenvalue weighted by Crippen LogP contribution is 2.32. The lowest BCUT2D eigenvalue weighted by atomic mass is 10.1. The minimum atomic E-state index is -3.33. The number of halogens is 1. The highest BCUT2D eigenvalue weighted by atomic mass is 35.5. The van der Waals surface area contributed by atoms with Crippen LogP contribution in [0.3, 0.4) is 0 Å². The second-order valence-corrected chi connectivity index (χ2v) is 10.2. The van der Waals surface area contributed by atoms with Crippen LogP contribution in [0.2, 0.25) is 5.02 Å². The fourth-order valence-electron chi connectivity index (χ4n) is 3.18. The Bertz CT molecular complexity index is 1240. The summed E-state index contributed by atoms with van der Waals surface area (Å²) >= 11 is 7.36. The normalized spacial score (nSPS) is 17.1. The van der Waals surface area contributed by atoms with E-state index in [9.17, 15) is 18.0 Å².